The minimum atomic E-state index is -1.15. The van der Waals surface area contributed by atoms with Crippen LogP contribution in [0.25, 0.3) is 0 Å². The highest BCUT2D eigenvalue weighted by Gasteiger charge is 2.23. The molecule has 1 amide bonds. The van der Waals surface area contributed by atoms with E-state index in [2.05, 4.69) is 15.5 Å². The molecule has 0 heterocycles. The summed E-state index contributed by atoms with van der Waals surface area (Å²) in [5.41, 5.74) is 1.21. The number of rotatable bonds is 5. The Morgan fingerprint density at radius 3 is 2.10 bits per heavy atom. The molecule has 1 atom stereocenters. The number of benzene rings is 2. The zero-order valence-corrected chi connectivity index (χ0v) is 11.6. The lowest BCUT2D eigenvalue weighted by Crippen LogP contribution is -2.31. The average molecular weight is 281 g/mol. The van der Waals surface area contributed by atoms with Gasteiger partial charge in [-0.2, -0.15) is 10.2 Å². The van der Waals surface area contributed by atoms with E-state index in [1.807, 2.05) is 12.1 Å². The Labute approximate surface area is 122 Å². The Hall–Kier alpha value is -2.82. The maximum atomic E-state index is 12.1. The van der Waals surface area contributed by atoms with Crippen molar-refractivity contribution in [2.45, 2.75) is 13.0 Å². The zero-order chi connectivity index (χ0) is 15.1. The summed E-state index contributed by atoms with van der Waals surface area (Å²) in [6.07, 6.45) is 0. The molecule has 0 fully saturated rings. The van der Waals surface area contributed by atoms with Gasteiger partial charge in [-0.05, 0) is 31.2 Å². The van der Waals surface area contributed by atoms with Gasteiger partial charge < -0.3 is 5.32 Å². The summed E-state index contributed by atoms with van der Waals surface area (Å²) < 4.78 is 0. The first-order valence-corrected chi connectivity index (χ1v) is 6.49. The Morgan fingerprint density at radius 1 is 0.952 bits per heavy atom. The van der Waals surface area contributed by atoms with Gasteiger partial charge in [0.05, 0.1) is 5.69 Å². The predicted octanol–water partition coefficient (Wildman–Crippen LogP) is 3.37. The molecule has 0 aliphatic rings. The number of carbonyl (C=O) groups is 2. The van der Waals surface area contributed by atoms with Crippen LogP contribution in [0.1, 0.15) is 6.92 Å². The number of anilines is 1. The van der Waals surface area contributed by atoms with E-state index in [4.69, 9.17) is 0 Å². The van der Waals surface area contributed by atoms with Crippen LogP contribution in [-0.4, -0.2) is 17.7 Å². The van der Waals surface area contributed by atoms with Gasteiger partial charge in [-0.25, -0.2) is 0 Å². The highest BCUT2D eigenvalue weighted by molar-refractivity contribution is 6.10. The Morgan fingerprint density at radius 2 is 1.52 bits per heavy atom. The fourth-order valence-corrected chi connectivity index (χ4v) is 1.67. The highest BCUT2D eigenvalue weighted by atomic mass is 16.2. The molecule has 2 aromatic carbocycles. The monoisotopic (exact) mass is 281 g/mol. The van der Waals surface area contributed by atoms with E-state index in [0.717, 1.165) is 0 Å². The van der Waals surface area contributed by atoms with Crippen molar-refractivity contribution in [2.75, 3.05) is 5.32 Å². The molecule has 0 saturated carbocycles. The number of nitrogens with zero attached hydrogens (tertiary/aromatic N) is 2. The summed E-state index contributed by atoms with van der Waals surface area (Å²) in [7, 11) is 0. The largest absolute Gasteiger partial charge is 0.324 e. The van der Waals surface area contributed by atoms with E-state index in [1.165, 1.54) is 6.92 Å². The number of nitrogens with one attached hydrogen (secondary N) is 1. The molecular formula is C16H15N3O2. The van der Waals surface area contributed by atoms with E-state index in [1.54, 1.807) is 48.5 Å². The molecule has 0 spiro atoms. The van der Waals surface area contributed by atoms with Crippen LogP contribution in [0.4, 0.5) is 11.4 Å². The molecule has 0 aliphatic carbocycles. The molecule has 1 N–H and O–H groups in total. The first kappa shape index (κ1) is 14.6. The summed E-state index contributed by atoms with van der Waals surface area (Å²) in [5, 5.41) is 10.4. The fraction of sp³-hybridized carbons (Fsp3) is 0.125. The number of hydrogen-bond acceptors (Lipinski definition) is 4. The van der Waals surface area contributed by atoms with Gasteiger partial charge in [-0.3, -0.25) is 9.59 Å². The van der Waals surface area contributed by atoms with Crippen molar-refractivity contribution in [1.29, 1.82) is 0 Å². The fourth-order valence-electron chi connectivity index (χ4n) is 1.67. The quantitative estimate of drug-likeness (QED) is 0.674. The van der Waals surface area contributed by atoms with E-state index in [9.17, 15) is 9.59 Å². The third-order valence-corrected chi connectivity index (χ3v) is 2.72. The topological polar surface area (TPSA) is 70.9 Å². The van der Waals surface area contributed by atoms with Crippen LogP contribution < -0.4 is 5.32 Å². The summed E-state index contributed by atoms with van der Waals surface area (Å²) in [4.78, 5) is 23.7. The van der Waals surface area contributed by atoms with Crippen molar-refractivity contribution in [1.82, 2.24) is 0 Å². The second-order valence-electron chi connectivity index (χ2n) is 4.42. The van der Waals surface area contributed by atoms with Gasteiger partial charge in [-0.15, -0.1) is 0 Å². The number of Topliss-reactive ketones (excluding diaryl/α,β-unsaturated/α-hetero) is 1. The lowest BCUT2D eigenvalue weighted by molar-refractivity contribution is -0.126. The molecule has 0 aromatic heterocycles. The lowest BCUT2D eigenvalue weighted by atomic mass is 10.2. The van der Waals surface area contributed by atoms with Crippen molar-refractivity contribution in [3.63, 3.8) is 0 Å². The first-order chi connectivity index (χ1) is 10.2. The molecule has 2 rings (SSSR count). The van der Waals surface area contributed by atoms with Crippen molar-refractivity contribution in [3.8, 4) is 0 Å². The molecule has 106 valence electrons. The Balaban J connectivity index is 2.10. The van der Waals surface area contributed by atoms with Crippen LogP contribution in [0.3, 0.4) is 0 Å². The minimum absolute atomic E-state index is 0.358. The normalized spacial score (nSPS) is 12.0. The second kappa shape index (κ2) is 7.09. The van der Waals surface area contributed by atoms with E-state index >= 15 is 0 Å². The maximum Gasteiger partial charge on any atom is 0.258 e. The molecule has 0 bridgehead atoms. The summed E-state index contributed by atoms with van der Waals surface area (Å²) in [6.45, 7) is 1.32. The third kappa shape index (κ3) is 4.35. The lowest BCUT2D eigenvalue weighted by Gasteiger charge is -2.09. The van der Waals surface area contributed by atoms with Crippen molar-refractivity contribution in [2.24, 2.45) is 10.2 Å². The number of para-hydroxylation sites is 1. The number of azo groups is 1. The molecule has 0 aliphatic heterocycles. The molecule has 21 heavy (non-hydrogen) atoms. The van der Waals surface area contributed by atoms with Gasteiger partial charge in [0.25, 0.3) is 5.91 Å². The van der Waals surface area contributed by atoms with Crippen molar-refractivity contribution >= 4 is 23.1 Å². The summed E-state index contributed by atoms with van der Waals surface area (Å²) in [5.74, 6) is -0.850. The van der Waals surface area contributed by atoms with Gasteiger partial charge in [0.2, 0.25) is 6.04 Å². The van der Waals surface area contributed by atoms with E-state index in [0.29, 0.717) is 11.4 Å². The molecule has 0 saturated heterocycles. The molecule has 2 aromatic rings. The van der Waals surface area contributed by atoms with Gasteiger partial charge in [0.15, 0.2) is 5.78 Å². The number of hydrogen-bond donors (Lipinski definition) is 1. The molecule has 0 radical (unpaired) electrons. The van der Waals surface area contributed by atoms with Crippen LogP contribution in [-0.2, 0) is 9.59 Å². The third-order valence-electron chi connectivity index (χ3n) is 2.72. The predicted molar refractivity (Wildman–Crippen MR) is 80.5 cm³/mol. The Kier molecular flexibility index (Phi) is 4.93. The van der Waals surface area contributed by atoms with Gasteiger partial charge in [-0.1, -0.05) is 36.4 Å². The number of amides is 1. The highest BCUT2D eigenvalue weighted by Crippen LogP contribution is 2.13. The van der Waals surface area contributed by atoms with Crippen LogP contribution in [0, 0.1) is 0 Å². The van der Waals surface area contributed by atoms with Crippen LogP contribution in [0.5, 0.6) is 0 Å². The molecule has 5 heteroatoms. The van der Waals surface area contributed by atoms with E-state index in [-0.39, 0.29) is 5.78 Å². The van der Waals surface area contributed by atoms with Gasteiger partial charge in [0.1, 0.15) is 0 Å². The SMILES string of the molecule is CC(=O)[C@@H](N=Nc1ccccc1)C(=O)Nc1ccccc1. The summed E-state index contributed by atoms with van der Waals surface area (Å²) >= 11 is 0. The maximum absolute atomic E-state index is 12.1. The number of ketones is 1. The van der Waals surface area contributed by atoms with E-state index < -0.39 is 11.9 Å². The standard InChI is InChI=1S/C16H15N3O2/c1-12(20)15(19-18-14-10-6-3-7-11-14)16(21)17-13-8-4-2-5-9-13/h2-11,15H,1H3,(H,17,21)/t15-/m1/s1. The molecular weight excluding hydrogens is 266 g/mol. The van der Waals surface area contributed by atoms with Crippen molar-refractivity contribution in [3.05, 3.63) is 60.7 Å². The average Bonchev–Trinajstić information content (AvgIpc) is 2.49. The van der Waals surface area contributed by atoms with Crippen LogP contribution >= 0.6 is 0 Å². The smallest absolute Gasteiger partial charge is 0.258 e. The molecule has 5 nitrogen and oxygen atoms in total. The van der Waals surface area contributed by atoms with Gasteiger partial charge in [0, 0.05) is 5.69 Å². The zero-order valence-electron chi connectivity index (χ0n) is 11.6. The summed E-state index contributed by atoms with van der Waals surface area (Å²) in [6, 6.07) is 16.7. The van der Waals surface area contributed by atoms with Crippen molar-refractivity contribution < 1.29 is 9.59 Å². The Bertz CT molecular complexity index is 639. The van der Waals surface area contributed by atoms with Crippen LogP contribution in [0.15, 0.2) is 70.9 Å². The molecule has 0 unspecified atom stereocenters. The first-order valence-electron chi connectivity index (χ1n) is 6.49. The van der Waals surface area contributed by atoms with Crippen LogP contribution in [0.2, 0.25) is 0 Å². The van der Waals surface area contributed by atoms with Gasteiger partial charge >= 0.3 is 0 Å². The number of carbonyl (C=O) groups excluding carboxylic acids is 2. The minimum Gasteiger partial charge on any atom is -0.324 e. The second-order valence-corrected chi connectivity index (χ2v) is 4.42.